The molecule has 0 saturated heterocycles. The Bertz CT molecular complexity index is 462. The Labute approximate surface area is 93.6 Å². The maximum Gasteiger partial charge on any atom is 0.107 e. The number of para-hydroxylation sites is 1. The van der Waals surface area contributed by atoms with Crippen molar-refractivity contribution < 1.29 is 0 Å². The third kappa shape index (κ3) is 2.30. The van der Waals surface area contributed by atoms with Crippen LogP contribution in [0.15, 0.2) is 18.2 Å². The molecular formula is C11H14ClN3. The Morgan fingerprint density at radius 3 is 3.00 bits per heavy atom. The number of nitrogens with two attached hydrogens (primary N) is 1. The first-order chi connectivity index (χ1) is 7.16. The van der Waals surface area contributed by atoms with Crippen LogP contribution < -0.4 is 5.73 Å². The minimum absolute atomic E-state index is 0.202. The second-order valence-electron chi connectivity index (χ2n) is 3.84. The monoisotopic (exact) mass is 223 g/mol. The first-order valence-corrected chi connectivity index (χ1v) is 5.43. The third-order valence-corrected chi connectivity index (χ3v) is 2.65. The van der Waals surface area contributed by atoms with Gasteiger partial charge in [0, 0.05) is 12.5 Å². The Kier molecular flexibility index (Phi) is 2.93. The van der Waals surface area contributed by atoms with Crippen molar-refractivity contribution in [3.8, 4) is 0 Å². The van der Waals surface area contributed by atoms with Crippen molar-refractivity contribution in [1.29, 1.82) is 0 Å². The van der Waals surface area contributed by atoms with Crippen LogP contribution in [-0.2, 0) is 6.42 Å². The van der Waals surface area contributed by atoms with Gasteiger partial charge in [0.15, 0.2) is 0 Å². The second kappa shape index (κ2) is 4.21. The maximum atomic E-state index is 6.03. The first-order valence-electron chi connectivity index (χ1n) is 5.05. The summed E-state index contributed by atoms with van der Waals surface area (Å²) in [4.78, 5) is 7.68. The van der Waals surface area contributed by atoms with E-state index in [1.54, 1.807) is 0 Å². The number of nitrogens with zero attached hydrogens (tertiary/aromatic N) is 1. The summed E-state index contributed by atoms with van der Waals surface area (Å²) in [6, 6.07) is 5.94. The third-order valence-electron chi connectivity index (χ3n) is 2.35. The van der Waals surface area contributed by atoms with Crippen molar-refractivity contribution in [3.63, 3.8) is 0 Å². The fourth-order valence-corrected chi connectivity index (χ4v) is 1.75. The van der Waals surface area contributed by atoms with Gasteiger partial charge in [-0.05, 0) is 25.5 Å². The van der Waals surface area contributed by atoms with Crippen LogP contribution in [0.1, 0.15) is 19.2 Å². The fourth-order valence-electron chi connectivity index (χ4n) is 1.53. The van der Waals surface area contributed by atoms with Gasteiger partial charge in [-0.2, -0.15) is 0 Å². The van der Waals surface area contributed by atoms with Gasteiger partial charge < -0.3 is 10.7 Å². The van der Waals surface area contributed by atoms with Gasteiger partial charge in [-0.1, -0.05) is 17.7 Å². The van der Waals surface area contributed by atoms with E-state index in [1.165, 1.54) is 0 Å². The van der Waals surface area contributed by atoms with Crippen LogP contribution in [0, 0.1) is 0 Å². The summed E-state index contributed by atoms with van der Waals surface area (Å²) in [6.07, 6.45) is 1.79. The molecule has 1 aromatic carbocycles. The fraction of sp³-hybridized carbons (Fsp3) is 0.364. The van der Waals surface area contributed by atoms with Gasteiger partial charge in [-0.25, -0.2) is 4.98 Å². The van der Waals surface area contributed by atoms with Crippen LogP contribution in [-0.4, -0.2) is 16.0 Å². The van der Waals surface area contributed by atoms with Crippen LogP contribution in [0.4, 0.5) is 0 Å². The Hall–Kier alpha value is -1.06. The molecule has 1 heterocycles. The molecule has 0 saturated carbocycles. The van der Waals surface area contributed by atoms with E-state index >= 15 is 0 Å². The van der Waals surface area contributed by atoms with E-state index in [2.05, 4.69) is 9.97 Å². The Balaban J connectivity index is 2.27. The molecule has 2 aromatic rings. The number of aromatic amines is 1. The number of aryl methyl sites for hydroxylation is 1. The molecule has 0 amide bonds. The highest BCUT2D eigenvalue weighted by Crippen LogP contribution is 2.21. The molecule has 0 aliphatic rings. The average molecular weight is 224 g/mol. The van der Waals surface area contributed by atoms with Crippen molar-refractivity contribution in [1.82, 2.24) is 9.97 Å². The highest BCUT2D eigenvalue weighted by atomic mass is 35.5. The number of fused-ring (bicyclic) bond motifs is 1. The smallest absolute Gasteiger partial charge is 0.107 e. The molecule has 1 unspecified atom stereocenters. The summed E-state index contributed by atoms with van der Waals surface area (Å²) in [5.74, 6) is 0.954. The number of benzene rings is 1. The summed E-state index contributed by atoms with van der Waals surface area (Å²) in [5, 5.41) is 0.691. The quantitative estimate of drug-likeness (QED) is 0.840. The molecule has 15 heavy (non-hydrogen) atoms. The number of nitrogens with one attached hydrogen (secondary N) is 1. The molecule has 1 aromatic heterocycles. The number of hydrogen-bond acceptors (Lipinski definition) is 2. The topological polar surface area (TPSA) is 54.7 Å². The van der Waals surface area contributed by atoms with Crippen molar-refractivity contribution >= 4 is 22.6 Å². The molecular weight excluding hydrogens is 210 g/mol. The predicted molar refractivity (Wildman–Crippen MR) is 63.1 cm³/mol. The van der Waals surface area contributed by atoms with Crippen molar-refractivity contribution in [2.45, 2.75) is 25.8 Å². The van der Waals surface area contributed by atoms with E-state index in [0.29, 0.717) is 5.02 Å². The van der Waals surface area contributed by atoms with E-state index in [0.717, 1.165) is 29.7 Å². The number of rotatable bonds is 3. The lowest BCUT2D eigenvalue weighted by molar-refractivity contribution is 0.652. The van der Waals surface area contributed by atoms with E-state index < -0.39 is 0 Å². The summed E-state index contributed by atoms with van der Waals surface area (Å²) in [6.45, 7) is 2.00. The normalized spacial score (nSPS) is 13.3. The Morgan fingerprint density at radius 2 is 2.33 bits per heavy atom. The summed E-state index contributed by atoms with van der Waals surface area (Å²) in [5.41, 5.74) is 7.53. The van der Waals surface area contributed by atoms with Gasteiger partial charge in [0.1, 0.15) is 11.3 Å². The molecule has 0 aliphatic carbocycles. The number of imidazole rings is 1. The average Bonchev–Trinajstić information content (AvgIpc) is 2.59. The van der Waals surface area contributed by atoms with Gasteiger partial charge >= 0.3 is 0 Å². The predicted octanol–water partition coefficient (Wildman–Crippen LogP) is 2.50. The standard InChI is InChI=1S/C11H14ClN3/c1-7(13)5-6-10-14-9-4-2-3-8(12)11(9)15-10/h2-4,7H,5-6,13H2,1H3,(H,14,15). The van der Waals surface area contributed by atoms with Gasteiger partial charge in [0.2, 0.25) is 0 Å². The number of H-pyrrole nitrogens is 1. The molecule has 3 nitrogen and oxygen atoms in total. The van der Waals surface area contributed by atoms with Crippen molar-refractivity contribution in [2.75, 3.05) is 0 Å². The molecule has 80 valence electrons. The van der Waals surface area contributed by atoms with Crippen LogP contribution in [0.2, 0.25) is 5.02 Å². The van der Waals surface area contributed by atoms with Crippen LogP contribution in [0.5, 0.6) is 0 Å². The molecule has 0 fully saturated rings. The lowest BCUT2D eigenvalue weighted by Crippen LogP contribution is -2.15. The number of halogens is 1. The van der Waals surface area contributed by atoms with Gasteiger partial charge in [0.25, 0.3) is 0 Å². The molecule has 2 rings (SSSR count). The maximum absolute atomic E-state index is 6.03. The van der Waals surface area contributed by atoms with Crippen molar-refractivity contribution in [3.05, 3.63) is 29.0 Å². The largest absolute Gasteiger partial charge is 0.342 e. The minimum atomic E-state index is 0.202. The molecule has 3 N–H and O–H groups in total. The van der Waals surface area contributed by atoms with E-state index in [4.69, 9.17) is 17.3 Å². The lowest BCUT2D eigenvalue weighted by atomic mass is 10.2. The van der Waals surface area contributed by atoms with Crippen molar-refractivity contribution in [2.24, 2.45) is 5.73 Å². The van der Waals surface area contributed by atoms with Crippen LogP contribution in [0.25, 0.3) is 11.0 Å². The molecule has 0 bridgehead atoms. The second-order valence-corrected chi connectivity index (χ2v) is 4.24. The zero-order chi connectivity index (χ0) is 10.8. The Morgan fingerprint density at radius 1 is 1.53 bits per heavy atom. The number of aromatic nitrogens is 2. The summed E-state index contributed by atoms with van der Waals surface area (Å²) >= 11 is 6.03. The SMILES string of the molecule is CC(N)CCc1nc2c(Cl)cccc2[nH]1. The van der Waals surface area contributed by atoms with E-state index in [9.17, 15) is 0 Å². The van der Waals surface area contributed by atoms with Gasteiger partial charge in [0.05, 0.1) is 10.5 Å². The number of hydrogen-bond donors (Lipinski definition) is 2. The lowest BCUT2D eigenvalue weighted by Gasteiger charge is -2.00. The molecule has 0 aliphatic heterocycles. The zero-order valence-corrected chi connectivity index (χ0v) is 9.38. The minimum Gasteiger partial charge on any atom is -0.342 e. The first kappa shape index (κ1) is 10.5. The highest BCUT2D eigenvalue weighted by molar-refractivity contribution is 6.34. The molecule has 0 spiro atoms. The highest BCUT2D eigenvalue weighted by Gasteiger charge is 2.06. The molecule has 4 heteroatoms. The summed E-state index contributed by atoms with van der Waals surface area (Å²) in [7, 11) is 0. The van der Waals surface area contributed by atoms with Gasteiger partial charge in [-0.15, -0.1) is 0 Å². The zero-order valence-electron chi connectivity index (χ0n) is 8.63. The van der Waals surface area contributed by atoms with Gasteiger partial charge in [-0.3, -0.25) is 0 Å². The van der Waals surface area contributed by atoms with E-state index in [1.807, 2.05) is 25.1 Å². The van der Waals surface area contributed by atoms with Crippen LogP contribution >= 0.6 is 11.6 Å². The molecule has 1 atom stereocenters. The van der Waals surface area contributed by atoms with Crippen LogP contribution in [0.3, 0.4) is 0 Å². The van der Waals surface area contributed by atoms with E-state index in [-0.39, 0.29) is 6.04 Å². The summed E-state index contributed by atoms with van der Waals surface area (Å²) < 4.78 is 0. The molecule has 0 radical (unpaired) electrons.